The molecule has 2 N–H and O–H groups in total. The van der Waals surface area contributed by atoms with Gasteiger partial charge in [-0.05, 0) is 49.2 Å². The van der Waals surface area contributed by atoms with Gasteiger partial charge in [-0.15, -0.1) is 10.2 Å². The first kappa shape index (κ1) is 14.5. The van der Waals surface area contributed by atoms with Crippen LogP contribution in [0.5, 0.6) is 0 Å². The number of nitrogens with zero attached hydrogens (tertiary/aromatic N) is 3. The van der Waals surface area contributed by atoms with Crippen molar-refractivity contribution in [1.82, 2.24) is 10.2 Å². The van der Waals surface area contributed by atoms with Crippen LogP contribution in [0.4, 0.5) is 17.2 Å². The van der Waals surface area contributed by atoms with Crippen molar-refractivity contribution in [2.75, 3.05) is 10.6 Å². The third kappa shape index (κ3) is 3.54. The zero-order valence-electron chi connectivity index (χ0n) is 12.1. The fourth-order valence-corrected chi connectivity index (χ4v) is 2.02. The fourth-order valence-electron chi connectivity index (χ4n) is 2.02. The molecule has 0 radical (unpaired) electrons. The Kier molecular flexibility index (Phi) is 4.14. The Hall–Kier alpha value is -2.94. The van der Waals surface area contributed by atoms with Crippen LogP contribution in [0.2, 0.25) is 0 Å². The Bertz CT molecular complexity index is 693. The average molecular weight is 281 g/mol. The number of anilines is 3. The minimum Gasteiger partial charge on any atom is -0.339 e. The predicted octanol–water partition coefficient (Wildman–Crippen LogP) is 2.67. The molecule has 1 heterocycles. The molecular weight excluding hydrogens is 266 g/mol. The largest absolute Gasteiger partial charge is 0.339 e. The maximum absolute atomic E-state index is 11.2. The van der Waals surface area contributed by atoms with E-state index < -0.39 is 0 Å². The lowest BCUT2D eigenvalue weighted by Gasteiger charge is -2.13. The van der Waals surface area contributed by atoms with Gasteiger partial charge in [-0.2, -0.15) is 5.26 Å². The second-order valence-electron chi connectivity index (χ2n) is 4.71. The molecule has 0 saturated carbocycles. The number of hydrogen-bond donors (Lipinski definition) is 2. The SMILES string of the molecule is CC(=O)Nc1c(C)cc(Nc2ccc(C#N)nn2)cc1C. The standard InChI is InChI=1S/C15H15N5O/c1-9-6-13(7-10(2)15(9)17-11(3)21)18-14-5-4-12(8-16)19-20-14/h4-7H,1-3H3,(H,17,21)(H,18,20). The smallest absolute Gasteiger partial charge is 0.221 e. The van der Waals surface area contributed by atoms with E-state index in [9.17, 15) is 4.79 Å². The van der Waals surface area contributed by atoms with Gasteiger partial charge in [0.25, 0.3) is 0 Å². The summed E-state index contributed by atoms with van der Waals surface area (Å²) in [7, 11) is 0. The maximum Gasteiger partial charge on any atom is 0.221 e. The van der Waals surface area contributed by atoms with Gasteiger partial charge in [-0.1, -0.05) is 0 Å². The van der Waals surface area contributed by atoms with Crippen LogP contribution in [0.25, 0.3) is 0 Å². The number of benzene rings is 1. The molecule has 0 spiro atoms. The second kappa shape index (κ2) is 6.01. The van der Waals surface area contributed by atoms with Gasteiger partial charge in [0.2, 0.25) is 5.91 Å². The highest BCUT2D eigenvalue weighted by Gasteiger charge is 2.07. The molecule has 0 fully saturated rings. The van der Waals surface area contributed by atoms with Gasteiger partial charge in [0.15, 0.2) is 11.5 Å². The van der Waals surface area contributed by atoms with Crippen molar-refractivity contribution in [2.45, 2.75) is 20.8 Å². The lowest BCUT2D eigenvalue weighted by Crippen LogP contribution is -2.09. The Labute approximate surface area is 122 Å². The minimum atomic E-state index is -0.0973. The van der Waals surface area contributed by atoms with E-state index in [0.29, 0.717) is 5.82 Å². The van der Waals surface area contributed by atoms with E-state index in [1.54, 1.807) is 12.1 Å². The van der Waals surface area contributed by atoms with Crippen LogP contribution in [-0.2, 0) is 4.79 Å². The number of amides is 1. The zero-order valence-corrected chi connectivity index (χ0v) is 12.1. The maximum atomic E-state index is 11.2. The summed E-state index contributed by atoms with van der Waals surface area (Å²) in [6.45, 7) is 5.33. The van der Waals surface area contributed by atoms with Crippen LogP contribution in [0.15, 0.2) is 24.3 Å². The van der Waals surface area contributed by atoms with E-state index in [2.05, 4.69) is 20.8 Å². The molecule has 6 nitrogen and oxygen atoms in total. The molecule has 6 heteroatoms. The number of aryl methyl sites for hydroxylation is 2. The van der Waals surface area contributed by atoms with Crippen LogP contribution >= 0.6 is 0 Å². The summed E-state index contributed by atoms with van der Waals surface area (Å²) >= 11 is 0. The monoisotopic (exact) mass is 281 g/mol. The molecule has 1 aromatic heterocycles. The first-order chi connectivity index (χ1) is 9.99. The molecule has 1 amide bonds. The van der Waals surface area contributed by atoms with Crippen LogP contribution in [-0.4, -0.2) is 16.1 Å². The average Bonchev–Trinajstić information content (AvgIpc) is 2.43. The van der Waals surface area contributed by atoms with E-state index in [1.165, 1.54) is 6.92 Å². The number of carbonyl (C=O) groups is 1. The summed E-state index contributed by atoms with van der Waals surface area (Å²) < 4.78 is 0. The summed E-state index contributed by atoms with van der Waals surface area (Å²) in [5.41, 5.74) is 3.84. The highest BCUT2D eigenvalue weighted by Crippen LogP contribution is 2.26. The topological polar surface area (TPSA) is 90.7 Å². The van der Waals surface area contributed by atoms with Gasteiger partial charge in [0.1, 0.15) is 6.07 Å². The molecule has 0 atom stereocenters. The Morgan fingerprint density at radius 2 is 1.86 bits per heavy atom. The van der Waals surface area contributed by atoms with Crippen LogP contribution in [0.1, 0.15) is 23.7 Å². The molecular formula is C15H15N5O. The molecule has 1 aromatic carbocycles. The van der Waals surface area contributed by atoms with E-state index in [1.807, 2.05) is 32.0 Å². The van der Waals surface area contributed by atoms with E-state index in [0.717, 1.165) is 22.5 Å². The number of aromatic nitrogens is 2. The molecule has 0 unspecified atom stereocenters. The van der Waals surface area contributed by atoms with Crippen molar-refractivity contribution in [3.8, 4) is 6.07 Å². The lowest BCUT2D eigenvalue weighted by atomic mass is 10.1. The second-order valence-corrected chi connectivity index (χ2v) is 4.71. The van der Waals surface area contributed by atoms with E-state index in [-0.39, 0.29) is 11.6 Å². The van der Waals surface area contributed by atoms with Crippen molar-refractivity contribution >= 4 is 23.1 Å². The third-order valence-corrected chi connectivity index (χ3v) is 2.89. The fraction of sp³-hybridized carbons (Fsp3) is 0.200. The quantitative estimate of drug-likeness (QED) is 0.902. The van der Waals surface area contributed by atoms with Crippen LogP contribution in [0, 0.1) is 25.2 Å². The number of nitrogens with one attached hydrogen (secondary N) is 2. The van der Waals surface area contributed by atoms with Crippen molar-refractivity contribution in [3.63, 3.8) is 0 Å². The molecule has 2 aromatic rings. The molecule has 0 aliphatic heterocycles. The molecule has 0 saturated heterocycles. The van der Waals surface area contributed by atoms with Gasteiger partial charge in [0.05, 0.1) is 0 Å². The minimum absolute atomic E-state index is 0.0973. The van der Waals surface area contributed by atoms with E-state index in [4.69, 9.17) is 5.26 Å². The first-order valence-electron chi connectivity index (χ1n) is 6.39. The van der Waals surface area contributed by atoms with Crippen LogP contribution in [0.3, 0.4) is 0 Å². The number of rotatable bonds is 3. The summed E-state index contributed by atoms with van der Waals surface area (Å²) in [6, 6.07) is 9.04. The van der Waals surface area contributed by atoms with Crippen molar-refractivity contribution < 1.29 is 4.79 Å². The number of carbonyl (C=O) groups excluding carboxylic acids is 1. The van der Waals surface area contributed by atoms with Crippen molar-refractivity contribution in [3.05, 3.63) is 41.1 Å². The summed E-state index contributed by atoms with van der Waals surface area (Å²) in [5, 5.41) is 22.3. The molecule has 0 aliphatic rings. The summed E-state index contributed by atoms with van der Waals surface area (Å²) in [6.07, 6.45) is 0. The van der Waals surface area contributed by atoms with Gasteiger partial charge in [-0.3, -0.25) is 4.79 Å². The van der Waals surface area contributed by atoms with Gasteiger partial charge >= 0.3 is 0 Å². The van der Waals surface area contributed by atoms with Gasteiger partial charge in [0, 0.05) is 18.3 Å². The van der Waals surface area contributed by atoms with Gasteiger partial charge < -0.3 is 10.6 Å². The lowest BCUT2D eigenvalue weighted by molar-refractivity contribution is -0.114. The van der Waals surface area contributed by atoms with Crippen LogP contribution < -0.4 is 10.6 Å². The molecule has 21 heavy (non-hydrogen) atoms. The van der Waals surface area contributed by atoms with Crippen molar-refractivity contribution in [1.29, 1.82) is 5.26 Å². The van der Waals surface area contributed by atoms with Crippen molar-refractivity contribution in [2.24, 2.45) is 0 Å². The molecule has 0 bridgehead atoms. The Morgan fingerprint density at radius 1 is 1.19 bits per heavy atom. The third-order valence-electron chi connectivity index (χ3n) is 2.89. The highest BCUT2D eigenvalue weighted by atomic mass is 16.1. The molecule has 106 valence electrons. The molecule has 2 rings (SSSR count). The molecule has 0 aliphatic carbocycles. The Morgan fingerprint density at radius 3 is 2.33 bits per heavy atom. The van der Waals surface area contributed by atoms with E-state index >= 15 is 0 Å². The zero-order chi connectivity index (χ0) is 15.4. The first-order valence-corrected chi connectivity index (χ1v) is 6.39. The summed E-state index contributed by atoms with van der Waals surface area (Å²) in [5.74, 6) is 0.458. The number of nitriles is 1. The summed E-state index contributed by atoms with van der Waals surface area (Å²) in [4.78, 5) is 11.2. The number of hydrogen-bond acceptors (Lipinski definition) is 5. The highest BCUT2D eigenvalue weighted by molar-refractivity contribution is 5.91. The van der Waals surface area contributed by atoms with Gasteiger partial charge in [-0.25, -0.2) is 0 Å². The predicted molar refractivity (Wildman–Crippen MR) is 80.2 cm³/mol. The normalized spacial score (nSPS) is 9.81. The Balaban J connectivity index is 2.25.